The zero-order valence-electron chi connectivity index (χ0n) is 12.0. The lowest BCUT2D eigenvalue weighted by molar-refractivity contribution is -0.126. The van der Waals surface area contributed by atoms with Gasteiger partial charge in [0, 0.05) is 12.6 Å². The number of nitrogens with one attached hydrogen (secondary N) is 1. The molecule has 2 fully saturated rings. The summed E-state index contributed by atoms with van der Waals surface area (Å²) in [6.07, 6.45) is 6.07. The van der Waals surface area contributed by atoms with Crippen molar-refractivity contribution in [2.45, 2.75) is 58.9 Å². The van der Waals surface area contributed by atoms with Gasteiger partial charge in [0.05, 0.1) is 5.92 Å². The molecule has 2 rings (SSSR count). The van der Waals surface area contributed by atoms with Crippen molar-refractivity contribution in [3.63, 3.8) is 0 Å². The number of rotatable bonds is 6. The van der Waals surface area contributed by atoms with E-state index in [2.05, 4.69) is 26.1 Å². The molecule has 2 aliphatic carbocycles. The van der Waals surface area contributed by atoms with Crippen LogP contribution in [0.15, 0.2) is 0 Å². The normalized spacial score (nSPS) is 22.1. The minimum Gasteiger partial charge on any atom is -0.353 e. The lowest BCUT2D eigenvalue weighted by Gasteiger charge is -2.27. The highest BCUT2D eigenvalue weighted by atomic mass is 16.2. The van der Waals surface area contributed by atoms with Crippen molar-refractivity contribution in [1.29, 1.82) is 0 Å². The van der Waals surface area contributed by atoms with E-state index in [-0.39, 0.29) is 17.2 Å². The van der Waals surface area contributed by atoms with Crippen LogP contribution in [0.2, 0.25) is 0 Å². The van der Waals surface area contributed by atoms with Crippen LogP contribution in [0.3, 0.4) is 0 Å². The molecule has 0 aromatic carbocycles. The van der Waals surface area contributed by atoms with Crippen molar-refractivity contribution in [1.82, 2.24) is 5.32 Å². The Bertz CT molecular complexity index is 288. The first-order valence-electron chi connectivity index (χ1n) is 7.41. The highest BCUT2D eigenvalue weighted by molar-refractivity contribution is 5.79. The molecule has 0 aliphatic heterocycles. The monoisotopic (exact) mass is 252 g/mol. The molecule has 1 amide bonds. The molecule has 0 aromatic rings. The first-order chi connectivity index (χ1) is 8.40. The van der Waals surface area contributed by atoms with Crippen molar-refractivity contribution in [2.24, 2.45) is 28.9 Å². The van der Waals surface area contributed by atoms with Gasteiger partial charge in [-0.15, -0.1) is 0 Å². The standard InChI is InChI=1S/C15H28N2O/c1-15(2,3)8-12(9-16)14(18)17-13(10-4-5-10)11-6-7-11/h10-13H,4-9,16H2,1-3H3,(H,17,18). The van der Waals surface area contributed by atoms with Gasteiger partial charge in [0.15, 0.2) is 0 Å². The Labute approximate surface area is 111 Å². The minimum absolute atomic E-state index is 0.0231. The van der Waals surface area contributed by atoms with Crippen LogP contribution in [0.5, 0.6) is 0 Å². The van der Waals surface area contributed by atoms with Crippen LogP contribution in [-0.2, 0) is 4.79 Å². The fourth-order valence-corrected chi connectivity index (χ4v) is 2.84. The molecular formula is C15H28N2O. The number of hydrogen-bond acceptors (Lipinski definition) is 2. The summed E-state index contributed by atoms with van der Waals surface area (Å²) in [7, 11) is 0. The molecule has 0 spiro atoms. The molecule has 18 heavy (non-hydrogen) atoms. The Morgan fingerprint density at radius 3 is 2.06 bits per heavy atom. The molecule has 3 nitrogen and oxygen atoms in total. The van der Waals surface area contributed by atoms with Gasteiger partial charge in [-0.05, 0) is 49.4 Å². The first kappa shape index (κ1) is 13.9. The highest BCUT2D eigenvalue weighted by Crippen LogP contribution is 2.44. The van der Waals surface area contributed by atoms with Crippen LogP contribution in [-0.4, -0.2) is 18.5 Å². The summed E-state index contributed by atoms with van der Waals surface area (Å²) < 4.78 is 0. The van der Waals surface area contributed by atoms with E-state index in [4.69, 9.17) is 5.73 Å². The van der Waals surface area contributed by atoms with Crippen LogP contribution in [0.4, 0.5) is 0 Å². The summed E-state index contributed by atoms with van der Waals surface area (Å²) in [6, 6.07) is 0.450. The number of carbonyl (C=O) groups is 1. The van der Waals surface area contributed by atoms with Crippen molar-refractivity contribution < 1.29 is 4.79 Å². The van der Waals surface area contributed by atoms with Crippen LogP contribution in [0.25, 0.3) is 0 Å². The fourth-order valence-electron chi connectivity index (χ4n) is 2.84. The van der Waals surface area contributed by atoms with E-state index in [1.165, 1.54) is 25.7 Å². The third-order valence-electron chi connectivity index (χ3n) is 4.08. The van der Waals surface area contributed by atoms with E-state index in [1.54, 1.807) is 0 Å². The molecule has 1 unspecified atom stereocenters. The lowest BCUT2D eigenvalue weighted by atomic mass is 9.84. The van der Waals surface area contributed by atoms with Crippen molar-refractivity contribution >= 4 is 5.91 Å². The summed E-state index contributed by atoms with van der Waals surface area (Å²) in [4.78, 5) is 12.3. The van der Waals surface area contributed by atoms with Gasteiger partial charge < -0.3 is 11.1 Å². The molecular weight excluding hydrogens is 224 g/mol. The topological polar surface area (TPSA) is 55.1 Å². The maximum absolute atomic E-state index is 12.3. The molecule has 0 heterocycles. The first-order valence-corrected chi connectivity index (χ1v) is 7.41. The number of amides is 1. The predicted molar refractivity (Wildman–Crippen MR) is 74.0 cm³/mol. The SMILES string of the molecule is CC(C)(C)CC(CN)C(=O)NC(C1CC1)C1CC1. The van der Waals surface area contributed by atoms with E-state index in [0.29, 0.717) is 12.6 Å². The molecule has 0 aromatic heterocycles. The third-order valence-corrected chi connectivity index (χ3v) is 4.08. The van der Waals surface area contributed by atoms with Crippen LogP contribution in [0.1, 0.15) is 52.9 Å². The maximum Gasteiger partial charge on any atom is 0.224 e. The van der Waals surface area contributed by atoms with Gasteiger partial charge in [-0.1, -0.05) is 20.8 Å². The van der Waals surface area contributed by atoms with Crippen molar-refractivity contribution in [3.05, 3.63) is 0 Å². The molecule has 0 saturated heterocycles. The zero-order valence-corrected chi connectivity index (χ0v) is 12.0. The second-order valence-corrected chi connectivity index (χ2v) is 7.41. The van der Waals surface area contributed by atoms with Gasteiger partial charge in [0.2, 0.25) is 5.91 Å². The minimum atomic E-state index is -0.0231. The average Bonchev–Trinajstić information content (AvgIpc) is 3.14. The number of nitrogens with two attached hydrogens (primary N) is 1. The van der Waals surface area contributed by atoms with E-state index in [9.17, 15) is 4.79 Å². The summed E-state index contributed by atoms with van der Waals surface area (Å²) in [6.45, 7) is 6.97. The van der Waals surface area contributed by atoms with Gasteiger partial charge in [-0.3, -0.25) is 4.79 Å². The fraction of sp³-hybridized carbons (Fsp3) is 0.933. The van der Waals surface area contributed by atoms with Crippen molar-refractivity contribution in [2.75, 3.05) is 6.54 Å². The Morgan fingerprint density at radius 1 is 1.22 bits per heavy atom. The van der Waals surface area contributed by atoms with Gasteiger partial charge in [0.25, 0.3) is 0 Å². The Balaban J connectivity index is 1.87. The Morgan fingerprint density at radius 2 is 1.72 bits per heavy atom. The third kappa shape index (κ3) is 3.98. The average molecular weight is 252 g/mol. The van der Waals surface area contributed by atoms with E-state index in [1.807, 2.05) is 0 Å². The van der Waals surface area contributed by atoms with Gasteiger partial charge in [0.1, 0.15) is 0 Å². The largest absolute Gasteiger partial charge is 0.353 e. The Kier molecular flexibility index (Phi) is 4.00. The molecule has 3 N–H and O–H groups in total. The molecule has 0 radical (unpaired) electrons. The molecule has 104 valence electrons. The zero-order chi connectivity index (χ0) is 13.3. The smallest absolute Gasteiger partial charge is 0.224 e. The second kappa shape index (κ2) is 5.20. The molecule has 2 saturated carbocycles. The summed E-state index contributed by atoms with van der Waals surface area (Å²) in [5, 5.41) is 3.30. The van der Waals surface area contributed by atoms with Crippen LogP contribution in [0, 0.1) is 23.2 Å². The van der Waals surface area contributed by atoms with Crippen LogP contribution < -0.4 is 11.1 Å². The van der Waals surface area contributed by atoms with E-state index >= 15 is 0 Å². The van der Waals surface area contributed by atoms with Crippen LogP contribution >= 0.6 is 0 Å². The number of carbonyl (C=O) groups excluding carboxylic acids is 1. The van der Waals surface area contributed by atoms with E-state index in [0.717, 1.165) is 18.3 Å². The lowest BCUT2D eigenvalue weighted by Crippen LogP contribution is -2.44. The summed E-state index contributed by atoms with van der Waals surface area (Å²) in [5.74, 6) is 1.69. The summed E-state index contributed by atoms with van der Waals surface area (Å²) >= 11 is 0. The van der Waals surface area contributed by atoms with Gasteiger partial charge in [-0.25, -0.2) is 0 Å². The highest BCUT2D eigenvalue weighted by Gasteiger charge is 2.42. The van der Waals surface area contributed by atoms with E-state index < -0.39 is 0 Å². The van der Waals surface area contributed by atoms with Crippen molar-refractivity contribution in [3.8, 4) is 0 Å². The van der Waals surface area contributed by atoms with Gasteiger partial charge >= 0.3 is 0 Å². The quantitative estimate of drug-likeness (QED) is 0.762. The molecule has 3 heteroatoms. The van der Waals surface area contributed by atoms with Gasteiger partial charge in [-0.2, -0.15) is 0 Å². The maximum atomic E-state index is 12.3. The Hall–Kier alpha value is -0.570. The summed E-state index contributed by atoms with van der Waals surface area (Å²) in [5.41, 5.74) is 5.94. The molecule has 1 atom stereocenters. The predicted octanol–water partition coefficient (Wildman–Crippen LogP) is 2.30. The number of hydrogen-bond donors (Lipinski definition) is 2. The second-order valence-electron chi connectivity index (χ2n) is 7.41. The molecule has 0 bridgehead atoms. The molecule has 2 aliphatic rings.